The SMILES string of the molecule is CC[O][Ti]([CH2]CCCCCCCCCS)([O]CC)[O]CC. The van der Waals surface area contributed by atoms with E-state index in [-0.39, 0.29) is 0 Å². The molecule has 0 unspecified atom stereocenters. The van der Waals surface area contributed by atoms with Crippen LogP contribution in [0, 0.1) is 0 Å². The Labute approximate surface area is 142 Å². The molecule has 3 nitrogen and oxygen atoms in total. The van der Waals surface area contributed by atoms with Crippen LogP contribution in [0.2, 0.25) is 4.73 Å². The predicted octanol–water partition coefficient (Wildman–Crippen LogP) is 5.46. The minimum atomic E-state index is -2.94. The molecular weight excluding hydrogens is 320 g/mol. The zero-order chi connectivity index (χ0) is 15.8. The maximum atomic E-state index is 5.92. The fraction of sp³-hybridized carbons (Fsp3) is 1.00. The summed E-state index contributed by atoms with van der Waals surface area (Å²) >= 11 is 1.30. The molecule has 0 aromatic heterocycles. The summed E-state index contributed by atoms with van der Waals surface area (Å²) < 4.78 is 18.8. The van der Waals surface area contributed by atoms with Crippen molar-refractivity contribution in [3.8, 4) is 0 Å². The number of rotatable bonds is 16. The Bertz CT molecular complexity index is 201. The first-order valence-electron chi connectivity index (χ1n) is 8.77. The Morgan fingerprint density at radius 1 is 0.619 bits per heavy atom. The van der Waals surface area contributed by atoms with Gasteiger partial charge in [0.05, 0.1) is 0 Å². The van der Waals surface area contributed by atoms with Crippen molar-refractivity contribution in [1.82, 2.24) is 0 Å². The maximum absolute atomic E-state index is 5.92. The third-order valence-electron chi connectivity index (χ3n) is 3.48. The predicted molar refractivity (Wildman–Crippen MR) is 90.5 cm³/mol. The van der Waals surface area contributed by atoms with E-state index in [4.69, 9.17) is 9.96 Å². The second kappa shape index (κ2) is 15.8. The number of unbranched alkanes of at least 4 members (excludes halogenated alkanes) is 7. The van der Waals surface area contributed by atoms with Gasteiger partial charge in [-0.15, -0.1) is 0 Å². The van der Waals surface area contributed by atoms with E-state index in [1.807, 2.05) is 20.8 Å². The molecule has 0 aromatic rings. The zero-order valence-corrected chi connectivity index (χ0v) is 16.8. The third-order valence-corrected chi connectivity index (χ3v) is 8.72. The van der Waals surface area contributed by atoms with Crippen LogP contribution >= 0.6 is 12.6 Å². The molecule has 0 aliphatic rings. The molecule has 0 saturated heterocycles. The van der Waals surface area contributed by atoms with E-state index in [1.165, 1.54) is 51.4 Å². The van der Waals surface area contributed by atoms with E-state index in [9.17, 15) is 0 Å². The van der Waals surface area contributed by atoms with Crippen molar-refractivity contribution in [1.29, 1.82) is 0 Å². The molecule has 0 amide bonds. The van der Waals surface area contributed by atoms with Gasteiger partial charge in [0, 0.05) is 0 Å². The van der Waals surface area contributed by atoms with E-state index >= 15 is 0 Å². The molecule has 0 rings (SSSR count). The minimum absolute atomic E-state index is 0.700. The van der Waals surface area contributed by atoms with Crippen LogP contribution in [0.3, 0.4) is 0 Å². The monoisotopic (exact) mass is 356 g/mol. The molecule has 0 aliphatic heterocycles. The van der Waals surface area contributed by atoms with Crippen LogP contribution in [-0.2, 0) is 27.7 Å². The first-order valence-corrected chi connectivity index (χ1v) is 12.4. The van der Waals surface area contributed by atoms with Gasteiger partial charge in [0.15, 0.2) is 0 Å². The number of hydrogen-bond acceptors (Lipinski definition) is 4. The first-order chi connectivity index (χ1) is 10.2. The fourth-order valence-electron chi connectivity index (χ4n) is 2.52. The van der Waals surface area contributed by atoms with Gasteiger partial charge in [-0.05, 0) is 0 Å². The van der Waals surface area contributed by atoms with Crippen molar-refractivity contribution in [2.45, 2.75) is 76.9 Å². The average Bonchev–Trinajstić information content (AvgIpc) is 2.46. The Kier molecular flexibility index (Phi) is 16.5. The van der Waals surface area contributed by atoms with Crippen molar-refractivity contribution < 1.29 is 27.7 Å². The Morgan fingerprint density at radius 3 is 1.38 bits per heavy atom. The van der Waals surface area contributed by atoms with Crippen molar-refractivity contribution >= 4 is 12.6 Å². The normalized spacial score (nSPS) is 12.0. The molecule has 0 atom stereocenters. The summed E-state index contributed by atoms with van der Waals surface area (Å²) in [5, 5.41) is 0. The molecule has 0 saturated carbocycles. The summed E-state index contributed by atoms with van der Waals surface area (Å²) in [6.07, 6.45) is 10.4. The summed E-state index contributed by atoms with van der Waals surface area (Å²) in [7, 11) is 0. The summed E-state index contributed by atoms with van der Waals surface area (Å²) in [4.78, 5) is 0. The molecular formula is C16H36O3STi. The summed E-state index contributed by atoms with van der Waals surface area (Å²) in [5.74, 6) is 1.03. The van der Waals surface area contributed by atoms with Gasteiger partial charge in [0.25, 0.3) is 0 Å². The van der Waals surface area contributed by atoms with Gasteiger partial charge in [-0.1, -0.05) is 0 Å². The molecule has 0 fully saturated rings. The van der Waals surface area contributed by atoms with Crippen molar-refractivity contribution in [3.63, 3.8) is 0 Å². The number of hydrogen-bond donors (Lipinski definition) is 1. The van der Waals surface area contributed by atoms with Gasteiger partial charge >= 0.3 is 143 Å². The van der Waals surface area contributed by atoms with Gasteiger partial charge in [0.2, 0.25) is 0 Å². The van der Waals surface area contributed by atoms with E-state index in [2.05, 4.69) is 12.6 Å². The molecule has 128 valence electrons. The first kappa shape index (κ1) is 21.9. The molecule has 0 N–H and O–H groups in total. The second-order valence-corrected chi connectivity index (χ2v) is 10.00. The molecule has 0 radical (unpaired) electrons. The van der Waals surface area contributed by atoms with Gasteiger partial charge in [-0.25, -0.2) is 0 Å². The van der Waals surface area contributed by atoms with Gasteiger partial charge in [0.1, 0.15) is 0 Å². The molecule has 0 heterocycles. The van der Waals surface area contributed by atoms with E-state index in [0.717, 1.165) is 10.5 Å². The summed E-state index contributed by atoms with van der Waals surface area (Å²) in [6.45, 7) is 8.19. The van der Waals surface area contributed by atoms with Gasteiger partial charge < -0.3 is 0 Å². The van der Waals surface area contributed by atoms with Crippen molar-refractivity contribution in [2.24, 2.45) is 0 Å². The van der Waals surface area contributed by atoms with Crippen LogP contribution in [0.1, 0.15) is 72.1 Å². The molecule has 0 aliphatic carbocycles. The Balaban J connectivity index is 3.76. The van der Waals surface area contributed by atoms with Gasteiger partial charge in [-0.2, -0.15) is 0 Å². The molecule has 0 spiro atoms. The topological polar surface area (TPSA) is 27.7 Å². The zero-order valence-electron chi connectivity index (χ0n) is 14.4. The van der Waals surface area contributed by atoms with Crippen LogP contribution < -0.4 is 0 Å². The van der Waals surface area contributed by atoms with Crippen LogP contribution in [0.25, 0.3) is 0 Å². The van der Waals surface area contributed by atoms with E-state index < -0.39 is 17.8 Å². The van der Waals surface area contributed by atoms with Crippen LogP contribution in [0.4, 0.5) is 0 Å². The van der Waals surface area contributed by atoms with Crippen molar-refractivity contribution in [3.05, 3.63) is 0 Å². The molecule has 0 bridgehead atoms. The quantitative estimate of drug-likeness (QED) is 0.226. The van der Waals surface area contributed by atoms with Crippen LogP contribution in [0.15, 0.2) is 0 Å². The van der Waals surface area contributed by atoms with Gasteiger partial charge in [-0.3, -0.25) is 0 Å². The molecule has 5 heteroatoms. The van der Waals surface area contributed by atoms with E-state index in [0.29, 0.717) is 19.8 Å². The number of thiol groups is 1. The molecule has 0 aromatic carbocycles. The molecule has 21 heavy (non-hydrogen) atoms. The Morgan fingerprint density at radius 2 is 1.00 bits per heavy atom. The average molecular weight is 356 g/mol. The van der Waals surface area contributed by atoms with Crippen molar-refractivity contribution in [2.75, 3.05) is 25.6 Å². The van der Waals surface area contributed by atoms with E-state index in [1.54, 1.807) is 0 Å². The second-order valence-electron chi connectivity index (χ2n) is 5.28. The Hall–Kier alpha value is 0.944. The van der Waals surface area contributed by atoms with Crippen LogP contribution in [-0.4, -0.2) is 25.6 Å². The summed E-state index contributed by atoms with van der Waals surface area (Å²) in [5.41, 5.74) is 0. The third kappa shape index (κ3) is 12.1. The fourth-order valence-corrected chi connectivity index (χ4v) is 6.93. The standard InChI is InChI=1S/C10H21S.3C2H5O.Ti/c1-2-3-4-5-6-7-8-9-10-11;3*1-2-3;/h11H,1-10H2;3*2H2,1H3;/q;3*-1;+3. The summed E-state index contributed by atoms with van der Waals surface area (Å²) in [6, 6.07) is 0. The van der Waals surface area contributed by atoms with Crippen LogP contribution in [0.5, 0.6) is 0 Å².